The van der Waals surface area contributed by atoms with Gasteiger partial charge in [-0.1, -0.05) is 18.6 Å². The predicted octanol–water partition coefficient (Wildman–Crippen LogP) is 3.32. The first-order valence-corrected chi connectivity index (χ1v) is 8.17. The molecule has 2 aliphatic rings. The zero-order valence-electron chi connectivity index (χ0n) is 10.5. The van der Waals surface area contributed by atoms with Gasteiger partial charge in [-0.3, -0.25) is 0 Å². The summed E-state index contributed by atoms with van der Waals surface area (Å²) in [4.78, 5) is 0. The smallest absolute Gasteiger partial charge is 0.00147 e. The Morgan fingerprint density at radius 3 is 2.81 bits per heavy atom. The van der Waals surface area contributed by atoms with Crippen LogP contribution in [0.3, 0.4) is 0 Å². The van der Waals surface area contributed by atoms with Gasteiger partial charge in [-0.25, -0.2) is 0 Å². The molecule has 0 aromatic rings. The quantitative estimate of drug-likeness (QED) is 0.515. The maximum absolute atomic E-state index is 3.65. The molecule has 2 aliphatic carbocycles. The molecule has 0 heterocycles. The number of thioether (sulfide) groups is 1. The molecule has 1 nitrogen and oxygen atoms in total. The molecule has 0 radical (unpaired) electrons. The second-order valence-corrected chi connectivity index (χ2v) is 6.28. The molecule has 16 heavy (non-hydrogen) atoms. The molecule has 0 aromatic heterocycles. The van der Waals surface area contributed by atoms with E-state index in [-0.39, 0.29) is 0 Å². The summed E-state index contributed by atoms with van der Waals surface area (Å²) in [7, 11) is 0. The Kier molecular flexibility index (Phi) is 5.24. The Hall–Kier alpha value is 0.0500. The summed E-state index contributed by atoms with van der Waals surface area (Å²) < 4.78 is 0. The SMILES string of the molecule is CSCCCCCNCC1CC2C=CC1C2. The van der Waals surface area contributed by atoms with Crippen molar-refractivity contribution in [3.8, 4) is 0 Å². The maximum atomic E-state index is 3.65. The van der Waals surface area contributed by atoms with Gasteiger partial charge in [0, 0.05) is 0 Å². The lowest BCUT2D eigenvalue weighted by atomic mass is 9.93. The second-order valence-electron chi connectivity index (χ2n) is 5.30. The van der Waals surface area contributed by atoms with E-state index in [1.54, 1.807) is 0 Å². The van der Waals surface area contributed by atoms with Crippen molar-refractivity contribution in [3.63, 3.8) is 0 Å². The van der Waals surface area contributed by atoms with E-state index in [9.17, 15) is 0 Å². The summed E-state index contributed by atoms with van der Waals surface area (Å²) in [5, 5.41) is 3.65. The van der Waals surface area contributed by atoms with Crippen LogP contribution in [0.25, 0.3) is 0 Å². The summed E-state index contributed by atoms with van der Waals surface area (Å²) in [6.07, 6.45) is 14.1. The zero-order chi connectivity index (χ0) is 11.2. The average Bonchev–Trinajstić information content (AvgIpc) is 2.90. The molecule has 0 spiro atoms. The van der Waals surface area contributed by atoms with Crippen LogP contribution in [0, 0.1) is 17.8 Å². The fourth-order valence-electron chi connectivity index (χ4n) is 3.09. The van der Waals surface area contributed by atoms with E-state index in [2.05, 4.69) is 23.7 Å². The first-order valence-electron chi connectivity index (χ1n) is 6.78. The van der Waals surface area contributed by atoms with Crippen LogP contribution in [0.4, 0.5) is 0 Å². The Morgan fingerprint density at radius 2 is 2.12 bits per heavy atom. The van der Waals surface area contributed by atoms with Crippen molar-refractivity contribution >= 4 is 11.8 Å². The molecule has 1 saturated carbocycles. The third-order valence-electron chi connectivity index (χ3n) is 4.02. The molecule has 92 valence electrons. The summed E-state index contributed by atoms with van der Waals surface area (Å²) in [5.74, 6) is 4.12. The van der Waals surface area contributed by atoms with Crippen molar-refractivity contribution in [3.05, 3.63) is 12.2 Å². The van der Waals surface area contributed by atoms with E-state index >= 15 is 0 Å². The van der Waals surface area contributed by atoms with Gasteiger partial charge in [0.1, 0.15) is 0 Å². The number of unbranched alkanes of at least 4 members (excludes halogenated alkanes) is 2. The predicted molar refractivity (Wildman–Crippen MR) is 73.9 cm³/mol. The van der Waals surface area contributed by atoms with Crippen LogP contribution in [-0.4, -0.2) is 25.1 Å². The minimum atomic E-state index is 0.911. The third kappa shape index (κ3) is 3.53. The zero-order valence-corrected chi connectivity index (χ0v) is 11.3. The lowest BCUT2D eigenvalue weighted by Crippen LogP contribution is -2.26. The number of nitrogens with one attached hydrogen (secondary N) is 1. The van der Waals surface area contributed by atoms with Crippen molar-refractivity contribution < 1.29 is 0 Å². The van der Waals surface area contributed by atoms with Crippen LogP contribution in [0.15, 0.2) is 12.2 Å². The summed E-state index contributed by atoms with van der Waals surface area (Å²) in [6, 6.07) is 0. The normalized spacial score (nSPS) is 31.4. The lowest BCUT2D eigenvalue weighted by Gasteiger charge is -2.18. The lowest BCUT2D eigenvalue weighted by molar-refractivity contribution is 0.412. The molecule has 1 N–H and O–H groups in total. The minimum absolute atomic E-state index is 0.911. The van der Waals surface area contributed by atoms with E-state index in [4.69, 9.17) is 0 Å². The highest BCUT2D eigenvalue weighted by atomic mass is 32.2. The highest BCUT2D eigenvalue weighted by Crippen LogP contribution is 2.42. The van der Waals surface area contributed by atoms with Crippen molar-refractivity contribution in [1.82, 2.24) is 5.32 Å². The topological polar surface area (TPSA) is 12.0 Å². The molecule has 2 heteroatoms. The molecule has 0 saturated heterocycles. The standard InChI is InChI=1S/C14H25NS/c1-16-8-4-2-3-7-15-11-14-10-12-5-6-13(14)9-12/h5-6,12-15H,2-4,7-11H2,1H3. The minimum Gasteiger partial charge on any atom is -0.316 e. The van der Waals surface area contributed by atoms with Crippen LogP contribution in [0.1, 0.15) is 32.1 Å². The van der Waals surface area contributed by atoms with E-state index < -0.39 is 0 Å². The summed E-state index contributed by atoms with van der Waals surface area (Å²) in [6.45, 7) is 2.49. The summed E-state index contributed by atoms with van der Waals surface area (Å²) in [5.41, 5.74) is 0. The van der Waals surface area contributed by atoms with Crippen molar-refractivity contribution in [2.75, 3.05) is 25.1 Å². The average molecular weight is 239 g/mol. The molecule has 0 amide bonds. The third-order valence-corrected chi connectivity index (χ3v) is 4.72. The molecule has 1 fully saturated rings. The van der Waals surface area contributed by atoms with Gasteiger partial charge in [0.25, 0.3) is 0 Å². The Morgan fingerprint density at radius 1 is 1.19 bits per heavy atom. The van der Waals surface area contributed by atoms with Gasteiger partial charge in [0.2, 0.25) is 0 Å². The van der Waals surface area contributed by atoms with E-state index in [1.165, 1.54) is 50.9 Å². The Balaban J connectivity index is 1.45. The molecule has 0 aliphatic heterocycles. The molecule has 3 unspecified atom stereocenters. The second kappa shape index (κ2) is 6.70. The first kappa shape index (κ1) is 12.5. The molecule has 0 aromatic carbocycles. The molecule has 2 bridgehead atoms. The molecular formula is C14H25NS. The maximum Gasteiger partial charge on any atom is -0.00147 e. The number of hydrogen-bond donors (Lipinski definition) is 1. The van der Waals surface area contributed by atoms with Gasteiger partial charge >= 0.3 is 0 Å². The first-order chi connectivity index (χ1) is 7.90. The molecule has 3 atom stereocenters. The van der Waals surface area contributed by atoms with Gasteiger partial charge in [-0.15, -0.1) is 0 Å². The van der Waals surface area contributed by atoms with Crippen LogP contribution in [-0.2, 0) is 0 Å². The Labute approximate surface area is 104 Å². The number of rotatable bonds is 8. The van der Waals surface area contributed by atoms with Gasteiger partial charge in [0.15, 0.2) is 0 Å². The fourth-order valence-corrected chi connectivity index (χ4v) is 3.58. The van der Waals surface area contributed by atoms with Crippen LogP contribution in [0.5, 0.6) is 0 Å². The van der Waals surface area contributed by atoms with E-state index in [1.807, 2.05) is 11.8 Å². The van der Waals surface area contributed by atoms with Crippen LogP contribution in [0.2, 0.25) is 0 Å². The molecule has 2 rings (SSSR count). The fraction of sp³-hybridized carbons (Fsp3) is 0.857. The highest BCUT2D eigenvalue weighted by Gasteiger charge is 2.34. The highest BCUT2D eigenvalue weighted by molar-refractivity contribution is 7.98. The van der Waals surface area contributed by atoms with Gasteiger partial charge in [0.05, 0.1) is 0 Å². The van der Waals surface area contributed by atoms with Crippen molar-refractivity contribution in [2.24, 2.45) is 17.8 Å². The van der Waals surface area contributed by atoms with Crippen molar-refractivity contribution in [1.29, 1.82) is 0 Å². The largest absolute Gasteiger partial charge is 0.316 e. The van der Waals surface area contributed by atoms with E-state index in [0.29, 0.717) is 0 Å². The number of allylic oxidation sites excluding steroid dienone is 2. The summed E-state index contributed by atoms with van der Waals surface area (Å²) >= 11 is 1.97. The van der Waals surface area contributed by atoms with E-state index in [0.717, 1.165) is 17.8 Å². The van der Waals surface area contributed by atoms with Crippen molar-refractivity contribution in [2.45, 2.75) is 32.1 Å². The monoisotopic (exact) mass is 239 g/mol. The van der Waals surface area contributed by atoms with Gasteiger partial charge in [-0.05, 0) is 68.5 Å². The van der Waals surface area contributed by atoms with Crippen LogP contribution < -0.4 is 5.32 Å². The number of fused-ring (bicyclic) bond motifs is 2. The van der Waals surface area contributed by atoms with Gasteiger partial charge in [-0.2, -0.15) is 11.8 Å². The van der Waals surface area contributed by atoms with Gasteiger partial charge < -0.3 is 5.32 Å². The number of hydrogen-bond acceptors (Lipinski definition) is 2. The molecular weight excluding hydrogens is 214 g/mol. The Bertz CT molecular complexity index is 227. The van der Waals surface area contributed by atoms with Crippen LogP contribution >= 0.6 is 11.8 Å².